The van der Waals surface area contributed by atoms with Crippen molar-refractivity contribution in [1.29, 1.82) is 0 Å². The van der Waals surface area contributed by atoms with Crippen molar-refractivity contribution in [2.45, 2.75) is 65.3 Å². The second-order valence-corrected chi connectivity index (χ2v) is 4.63. The van der Waals surface area contributed by atoms with Crippen LogP contribution in [-0.2, 0) is 4.79 Å². The van der Waals surface area contributed by atoms with E-state index in [-0.39, 0.29) is 0 Å². The van der Waals surface area contributed by atoms with Crippen molar-refractivity contribution in [1.82, 2.24) is 4.90 Å². The van der Waals surface area contributed by atoms with Crippen molar-refractivity contribution in [3.8, 4) is 0 Å². The largest absolute Gasteiger partial charge is 0.340 e. The molecule has 16 heavy (non-hydrogen) atoms. The fourth-order valence-corrected chi connectivity index (χ4v) is 1.83. The molecule has 0 radical (unpaired) electrons. The van der Waals surface area contributed by atoms with Crippen molar-refractivity contribution in [2.75, 3.05) is 13.1 Å². The maximum absolute atomic E-state index is 11.9. The molecule has 1 amide bonds. The highest BCUT2D eigenvalue weighted by Crippen LogP contribution is 2.08. The van der Waals surface area contributed by atoms with Gasteiger partial charge < -0.3 is 10.6 Å². The lowest BCUT2D eigenvalue weighted by atomic mass is 10.1. The minimum Gasteiger partial charge on any atom is -0.340 e. The molecule has 0 aliphatic heterocycles. The summed E-state index contributed by atoms with van der Waals surface area (Å²) in [7, 11) is 0. The third-order valence-electron chi connectivity index (χ3n) is 2.75. The van der Waals surface area contributed by atoms with Gasteiger partial charge in [0.25, 0.3) is 0 Å². The molecular formula is C13H28N2O. The SMILES string of the molecule is CCCN(C(=O)CCCCCCN)C(C)C. The van der Waals surface area contributed by atoms with Crippen LogP contribution in [0.15, 0.2) is 0 Å². The zero-order chi connectivity index (χ0) is 12.4. The fraction of sp³-hybridized carbons (Fsp3) is 0.923. The first-order valence-corrected chi connectivity index (χ1v) is 6.63. The Morgan fingerprint density at radius 2 is 1.81 bits per heavy atom. The number of rotatable bonds is 9. The van der Waals surface area contributed by atoms with Crippen molar-refractivity contribution in [3.63, 3.8) is 0 Å². The van der Waals surface area contributed by atoms with Crippen molar-refractivity contribution in [3.05, 3.63) is 0 Å². The van der Waals surface area contributed by atoms with Crippen molar-refractivity contribution in [2.24, 2.45) is 5.73 Å². The van der Waals surface area contributed by atoms with Crippen LogP contribution < -0.4 is 5.73 Å². The molecule has 2 N–H and O–H groups in total. The Morgan fingerprint density at radius 1 is 1.19 bits per heavy atom. The highest BCUT2D eigenvalue weighted by atomic mass is 16.2. The molecule has 0 saturated carbocycles. The lowest BCUT2D eigenvalue weighted by molar-refractivity contribution is -0.133. The van der Waals surface area contributed by atoms with Gasteiger partial charge in [0.05, 0.1) is 0 Å². The Morgan fingerprint density at radius 3 is 2.31 bits per heavy atom. The molecule has 96 valence electrons. The molecule has 0 aliphatic carbocycles. The number of nitrogens with zero attached hydrogens (tertiary/aromatic N) is 1. The molecule has 3 heteroatoms. The first-order valence-electron chi connectivity index (χ1n) is 6.63. The second kappa shape index (κ2) is 9.64. The number of carbonyl (C=O) groups excluding carboxylic acids is 1. The summed E-state index contributed by atoms with van der Waals surface area (Å²) in [5.74, 6) is 0.310. The maximum Gasteiger partial charge on any atom is 0.222 e. The van der Waals surface area contributed by atoms with E-state index in [1.807, 2.05) is 4.90 Å². The van der Waals surface area contributed by atoms with Crippen LogP contribution in [0.3, 0.4) is 0 Å². The van der Waals surface area contributed by atoms with Gasteiger partial charge in [0.1, 0.15) is 0 Å². The predicted molar refractivity (Wildman–Crippen MR) is 69.3 cm³/mol. The summed E-state index contributed by atoms with van der Waals surface area (Å²) in [5, 5.41) is 0. The number of nitrogens with two attached hydrogens (primary N) is 1. The molecule has 0 atom stereocenters. The average molecular weight is 228 g/mol. The summed E-state index contributed by atoms with van der Waals surface area (Å²) >= 11 is 0. The molecule has 0 aromatic rings. The van der Waals surface area contributed by atoms with Crippen molar-refractivity contribution >= 4 is 5.91 Å². The molecule has 0 aromatic heterocycles. The van der Waals surface area contributed by atoms with Gasteiger partial charge in [-0.05, 0) is 39.7 Å². The van der Waals surface area contributed by atoms with E-state index in [2.05, 4.69) is 20.8 Å². The van der Waals surface area contributed by atoms with E-state index in [0.29, 0.717) is 18.4 Å². The fourth-order valence-electron chi connectivity index (χ4n) is 1.83. The third-order valence-corrected chi connectivity index (χ3v) is 2.75. The van der Waals surface area contributed by atoms with E-state index in [1.54, 1.807) is 0 Å². The summed E-state index contributed by atoms with van der Waals surface area (Å²) < 4.78 is 0. The van der Waals surface area contributed by atoms with Gasteiger partial charge >= 0.3 is 0 Å². The maximum atomic E-state index is 11.9. The monoisotopic (exact) mass is 228 g/mol. The number of amides is 1. The third kappa shape index (κ3) is 6.83. The quantitative estimate of drug-likeness (QED) is 0.616. The van der Waals surface area contributed by atoms with Gasteiger partial charge in [-0.25, -0.2) is 0 Å². The van der Waals surface area contributed by atoms with Crippen LogP contribution in [0.1, 0.15) is 59.3 Å². The Kier molecular flexibility index (Phi) is 9.30. The Bertz CT molecular complexity index is 181. The highest BCUT2D eigenvalue weighted by molar-refractivity contribution is 5.76. The average Bonchev–Trinajstić information content (AvgIpc) is 2.24. The topological polar surface area (TPSA) is 46.3 Å². The summed E-state index contributed by atoms with van der Waals surface area (Å²) in [6.07, 6.45) is 6.10. The lowest BCUT2D eigenvalue weighted by Crippen LogP contribution is -2.37. The van der Waals surface area contributed by atoms with Crippen LogP contribution in [0.4, 0.5) is 0 Å². The summed E-state index contributed by atoms with van der Waals surface area (Å²) in [6.45, 7) is 7.94. The molecule has 0 aliphatic rings. The Hall–Kier alpha value is -0.570. The molecule has 3 nitrogen and oxygen atoms in total. The number of unbranched alkanes of at least 4 members (excludes halogenated alkanes) is 3. The van der Waals surface area contributed by atoms with E-state index < -0.39 is 0 Å². The van der Waals surface area contributed by atoms with Gasteiger partial charge in [0, 0.05) is 19.0 Å². The zero-order valence-electron chi connectivity index (χ0n) is 11.2. The van der Waals surface area contributed by atoms with E-state index >= 15 is 0 Å². The molecule has 0 aromatic carbocycles. The number of carbonyl (C=O) groups is 1. The highest BCUT2D eigenvalue weighted by Gasteiger charge is 2.14. The van der Waals surface area contributed by atoms with Gasteiger partial charge in [-0.1, -0.05) is 19.8 Å². The van der Waals surface area contributed by atoms with Crippen LogP contribution in [0.5, 0.6) is 0 Å². The lowest BCUT2D eigenvalue weighted by Gasteiger charge is -2.26. The van der Waals surface area contributed by atoms with Gasteiger partial charge in [-0.2, -0.15) is 0 Å². The van der Waals surface area contributed by atoms with Gasteiger partial charge in [-0.15, -0.1) is 0 Å². The van der Waals surface area contributed by atoms with Gasteiger partial charge in [0.15, 0.2) is 0 Å². The molecule has 0 bridgehead atoms. The summed E-state index contributed by atoms with van der Waals surface area (Å²) in [6, 6.07) is 0.330. The van der Waals surface area contributed by atoms with Crippen LogP contribution in [-0.4, -0.2) is 29.9 Å². The minimum absolute atomic E-state index is 0.310. The summed E-state index contributed by atoms with van der Waals surface area (Å²) in [4.78, 5) is 13.9. The van der Waals surface area contributed by atoms with Crippen LogP contribution >= 0.6 is 0 Å². The summed E-state index contributed by atoms with van der Waals surface area (Å²) in [5.41, 5.74) is 5.42. The predicted octanol–water partition coefficient (Wildman–Crippen LogP) is 2.54. The minimum atomic E-state index is 0.310. The van der Waals surface area contributed by atoms with Gasteiger partial charge in [0.2, 0.25) is 5.91 Å². The van der Waals surface area contributed by atoms with Crippen molar-refractivity contribution < 1.29 is 4.79 Å². The van der Waals surface area contributed by atoms with E-state index in [0.717, 1.165) is 45.2 Å². The van der Waals surface area contributed by atoms with E-state index in [9.17, 15) is 4.79 Å². The van der Waals surface area contributed by atoms with Gasteiger partial charge in [-0.3, -0.25) is 4.79 Å². The molecule has 0 heterocycles. The first-order chi connectivity index (χ1) is 7.63. The van der Waals surface area contributed by atoms with Crippen LogP contribution in [0, 0.1) is 0 Å². The Labute approximate surface area is 100 Å². The molecule has 0 spiro atoms. The van der Waals surface area contributed by atoms with E-state index in [4.69, 9.17) is 5.73 Å². The normalized spacial score (nSPS) is 10.8. The standard InChI is InChI=1S/C13H28N2O/c1-4-11-15(12(2)3)13(16)9-7-5-6-8-10-14/h12H,4-11,14H2,1-3H3. The van der Waals surface area contributed by atoms with Crippen LogP contribution in [0.25, 0.3) is 0 Å². The van der Waals surface area contributed by atoms with Crippen LogP contribution in [0.2, 0.25) is 0 Å². The second-order valence-electron chi connectivity index (χ2n) is 4.63. The molecule has 0 unspecified atom stereocenters. The molecule has 0 rings (SSSR count). The van der Waals surface area contributed by atoms with E-state index in [1.165, 1.54) is 0 Å². The molecule has 0 saturated heterocycles. The Balaban J connectivity index is 3.74. The molecular weight excluding hydrogens is 200 g/mol. The first kappa shape index (κ1) is 15.4. The zero-order valence-corrected chi connectivity index (χ0v) is 11.2. The smallest absolute Gasteiger partial charge is 0.222 e. The molecule has 0 fully saturated rings. The number of hydrogen-bond donors (Lipinski definition) is 1. The number of hydrogen-bond acceptors (Lipinski definition) is 2.